The Labute approximate surface area is 236 Å². The van der Waals surface area contributed by atoms with Gasteiger partial charge >= 0.3 is 17.9 Å². The number of carboxylic acids is 2. The number of aliphatic carboxylic acids is 2. The first-order chi connectivity index (χ1) is 19.0. The Morgan fingerprint density at radius 1 is 0.950 bits per heavy atom. The van der Waals surface area contributed by atoms with Crippen molar-refractivity contribution in [3.05, 3.63) is 47.5 Å². The molecule has 0 spiro atoms. The molecule has 9 atom stereocenters. The van der Waals surface area contributed by atoms with Crippen LogP contribution in [-0.2, 0) is 23.9 Å². The molecule has 7 heteroatoms. The van der Waals surface area contributed by atoms with Crippen molar-refractivity contribution in [2.45, 2.75) is 90.6 Å². The summed E-state index contributed by atoms with van der Waals surface area (Å²) in [6.45, 7) is 6.45. The first-order valence-electron chi connectivity index (χ1n) is 14.9. The number of hydrogen-bond acceptors (Lipinski definition) is 5. The van der Waals surface area contributed by atoms with E-state index in [9.17, 15) is 29.4 Å². The molecule has 216 valence electrons. The van der Waals surface area contributed by atoms with Crippen LogP contribution in [0.3, 0.4) is 0 Å². The smallest absolute Gasteiger partial charge is 0.320 e. The van der Waals surface area contributed by atoms with Crippen LogP contribution in [0.25, 0.3) is 0 Å². The minimum atomic E-state index is -1.55. The fourth-order valence-electron chi connectivity index (χ4n) is 9.24. The van der Waals surface area contributed by atoms with Crippen molar-refractivity contribution < 1.29 is 34.1 Å². The maximum absolute atomic E-state index is 13.1. The summed E-state index contributed by atoms with van der Waals surface area (Å²) >= 11 is 0. The quantitative estimate of drug-likeness (QED) is 0.231. The molecular formula is C33H42O7. The summed E-state index contributed by atoms with van der Waals surface area (Å²) in [5.41, 5.74) is 1.89. The van der Waals surface area contributed by atoms with Gasteiger partial charge in [0, 0.05) is 12.3 Å². The predicted molar refractivity (Wildman–Crippen MR) is 148 cm³/mol. The van der Waals surface area contributed by atoms with Crippen molar-refractivity contribution in [2.24, 2.45) is 40.4 Å². The van der Waals surface area contributed by atoms with E-state index >= 15 is 0 Å². The first-order valence-corrected chi connectivity index (χ1v) is 14.9. The monoisotopic (exact) mass is 550 g/mol. The Hall–Kier alpha value is -2.96. The van der Waals surface area contributed by atoms with E-state index in [2.05, 4.69) is 19.9 Å². The fourth-order valence-corrected chi connectivity index (χ4v) is 9.24. The lowest BCUT2D eigenvalue weighted by molar-refractivity contribution is -0.165. The summed E-state index contributed by atoms with van der Waals surface area (Å²) in [6.07, 6.45) is 9.00. The van der Waals surface area contributed by atoms with Gasteiger partial charge in [0.25, 0.3) is 0 Å². The Morgan fingerprint density at radius 3 is 2.33 bits per heavy atom. The molecule has 4 aliphatic rings. The van der Waals surface area contributed by atoms with Gasteiger partial charge in [0.2, 0.25) is 0 Å². The molecule has 0 saturated heterocycles. The highest BCUT2D eigenvalue weighted by Gasteiger charge is 2.59. The minimum absolute atomic E-state index is 0.0232. The van der Waals surface area contributed by atoms with Gasteiger partial charge in [0.05, 0.1) is 5.92 Å². The molecule has 5 rings (SSSR count). The number of ketones is 1. The number of Topliss-reactive ketones (excluding diaryl/α,β-unsaturated/α-hetero) is 1. The average molecular weight is 551 g/mol. The summed E-state index contributed by atoms with van der Waals surface area (Å²) < 4.78 is 5.80. The number of hydrogen-bond donors (Lipinski definition) is 2. The van der Waals surface area contributed by atoms with Crippen LogP contribution in [0, 0.1) is 40.4 Å². The van der Waals surface area contributed by atoms with Crippen LogP contribution in [0.4, 0.5) is 0 Å². The average Bonchev–Trinajstić information content (AvgIpc) is 3.27. The lowest BCUT2D eigenvalue weighted by Crippen LogP contribution is -2.51. The molecule has 2 unspecified atom stereocenters. The van der Waals surface area contributed by atoms with Gasteiger partial charge in [-0.3, -0.25) is 19.2 Å². The molecule has 0 aliphatic heterocycles. The van der Waals surface area contributed by atoms with Gasteiger partial charge in [-0.25, -0.2) is 0 Å². The van der Waals surface area contributed by atoms with E-state index in [-0.39, 0.29) is 23.2 Å². The topological polar surface area (TPSA) is 118 Å². The molecule has 0 heterocycles. The van der Waals surface area contributed by atoms with Crippen LogP contribution in [0.15, 0.2) is 42.0 Å². The molecule has 7 nitrogen and oxygen atoms in total. The number of carbonyl (C=O) groups is 4. The summed E-state index contributed by atoms with van der Waals surface area (Å²) in [4.78, 5) is 49.5. The lowest BCUT2D eigenvalue weighted by atomic mass is 9.47. The fraction of sp³-hybridized carbons (Fsp3) is 0.636. The third kappa shape index (κ3) is 4.90. The third-order valence-corrected chi connectivity index (χ3v) is 11.4. The molecule has 40 heavy (non-hydrogen) atoms. The van der Waals surface area contributed by atoms with E-state index in [0.717, 1.165) is 38.5 Å². The SMILES string of the molecule is CC(=O)[C@H]1CC[C@H]2[C@@H]3CC=C4C[C@@H](OC(=O)C(CC(C(=O)O)c5ccccc5)C(=O)O)CC[C@]4(C)[C@H]3CC[C@]12C. The number of carboxylic acid groups (broad SMARTS) is 2. The molecule has 1 aromatic carbocycles. The maximum atomic E-state index is 13.1. The molecule has 1 aromatic rings. The van der Waals surface area contributed by atoms with Crippen LogP contribution in [0.1, 0.15) is 90.0 Å². The van der Waals surface area contributed by atoms with Crippen molar-refractivity contribution >= 4 is 23.7 Å². The highest BCUT2D eigenvalue weighted by Crippen LogP contribution is 2.66. The van der Waals surface area contributed by atoms with Gasteiger partial charge in [-0.2, -0.15) is 0 Å². The predicted octanol–water partition coefficient (Wildman–Crippen LogP) is 6.03. The number of rotatable bonds is 8. The molecule has 3 fully saturated rings. The summed E-state index contributed by atoms with van der Waals surface area (Å²) in [5, 5.41) is 19.6. The standard InChI is InChI=1S/C33H42O7/c1-19(34)26-11-12-27-23-10-9-21-17-22(13-15-32(21,2)28(23)14-16-33(26,27)3)40-31(39)25(30(37)38)18-24(29(35)36)20-7-5-4-6-8-20/h4-9,22-28H,10-18H2,1-3H3,(H,35,36)(H,37,38)/t22-,23-,24?,25?,26+,27-,28-,32-,33+/m0/s1. The third-order valence-electron chi connectivity index (χ3n) is 11.4. The van der Waals surface area contributed by atoms with E-state index in [4.69, 9.17) is 4.74 Å². The van der Waals surface area contributed by atoms with Crippen LogP contribution in [0.5, 0.6) is 0 Å². The molecule has 4 aliphatic carbocycles. The zero-order valence-electron chi connectivity index (χ0n) is 23.8. The van der Waals surface area contributed by atoms with Crippen LogP contribution < -0.4 is 0 Å². The van der Waals surface area contributed by atoms with Crippen LogP contribution >= 0.6 is 0 Å². The van der Waals surface area contributed by atoms with Crippen LogP contribution in [0.2, 0.25) is 0 Å². The van der Waals surface area contributed by atoms with E-state index in [1.807, 2.05) is 0 Å². The lowest BCUT2D eigenvalue weighted by Gasteiger charge is -2.58. The maximum Gasteiger partial charge on any atom is 0.320 e. The molecule has 0 radical (unpaired) electrons. The summed E-state index contributed by atoms with van der Waals surface area (Å²) in [7, 11) is 0. The van der Waals surface area contributed by atoms with Crippen molar-refractivity contribution in [3.8, 4) is 0 Å². The second-order valence-electron chi connectivity index (χ2n) is 13.3. The number of benzene rings is 1. The van der Waals surface area contributed by atoms with Gasteiger partial charge in [-0.05, 0) is 92.4 Å². The zero-order chi connectivity index (χ0) is 28.8. The van der Waals surface area contributed by atoms with E-state index < -0.39 is 35.8 Å². The summed E-state index contributed by atoms with van der Waals surface area (Å²) in [6, 6.07) is 8.41. The van der Waals surface area contributed by atoms with Gasteiger partial charge in [-0.15, -0.1) is 0 Å². The van der Waals surface area contributed by atoms with E-state index in [1.165, 1.54) is 5.57 Å². The number of allylic oxidation sites excluding steroid dienone is 1. The second kappa shape index (κ2) is 10.8. The Balaban J connectivity index is 1.27. The molecule has 0 amide bonds. The highest BCUT2D eigenvalue weighted by atomic mass is 16.5. The Kier molecular flexibility index (Phi) is 7.71. The van der Waals surface area contributed by atoms with Crippen molar-refractivity contribution in [1.82, 2.24) is 0 Å². The van der Waals surface area contributed by atoms with Crippen molar-refractivity contribution in [3.63, 3.8) is 0 Å². The van der Waals surface area contributed by atoms with Crippen LogP contribution in [-0.4, -0.2) is 40.0 Å². The van der Waals surface area contributed by atoms with Crippen molar-refractivity contribution in [1.29, 1.82) is 0 Å². The number of fused-ring (bicyclic) bond motifs is 5. The molecule has 3 saturated carbocycles. The number of esters is 1. The largest absolute Gasteiger partial charge is 0.481 e. The van der Waals surface area contributed by atoms with Crippen molar-refractivity contribution in [2.75, 3.05) is 0 Å². The molecule has 0 aromatic heterocycles. The number of ether oxygens (including phenoxy) is 1. The van der Waals surface area contributed by atoms with Gasteiger partial charge < -0.3 is 14.9 Å². The molecule has 2 N–H and O–H groups in total. The minimum Gasteiger partial charge on any atom is -0.481 e. The summed E-state index contributed by atoms with van der Waals surface area (Å²) in [5.74, 6) is -3.86. The normalized spacial score (nSPS) is 36.2. The Bertz CT molecular complexity index is 1200. The van der Waals surface area contributed by atoms with E-state index in [1.54, 1.807) is 37.3 Å². The van der Waals surface area contributed by atoms with E-state index in [0.29, 0.717) is 41.9 Å². The molecule has 0 bridgehead atoms. The Morgan fingerprint density at radius 2 is 1.68 bits per heavy atom. The van der Waals surface area contributed by atoms with Gasteiger partial charge in [0.1, 0.15) is 11.9 Å². The second-order valence-corrected chi connectivity index (χ2v) is 13.3. The zero-order valence-corrected chi connectivity index (χ0v) is 23.8. The highest BCUT2D eigenvalue weighted by molar-refractivity contribution is 5.95. The van der Waals surface area contributed by atoms with Gasteiger partial charge in [0.15, 0.2) is 5.92 Å². The molecular weight excluding hydrogens is 508 g/mol. The number of carbonyl (C=O) groups excluding carboxylic acids is 2. The van der Waals surface area contributed by atoms with Gasteiger partial charge in [-0.1, -0.05) is 55.8 Å². The first kappa shape index (κ1) is 28.6.